The molecule has 0 heterocycles. The molecule has 1 nitrogen and oxygen atoms in total. The van der Waals surface area contributed by atoms with Crippen LogP contribution in [0.2, 0.25) is 0 Å². The number of aryl methyl sites for hydroxylation is 3. The van der Waals surface area contributed by atoms with Crippen molar-refractivity contribution in [3.8, 4) is 0 Å². The van der Waals surface area contributed by atoms with Gasteiger partial charge in [-0.2, -0.15) is 0 Å². The molecule has 1 heteroatoms. The van der Waals surface area contributed by atoms with E-state index in [-0.39, 0.29) is 0 Å². The fraction of sp³-hybridized carbons (Fsp3) is 0.455. The molecule has 0 aliphatic carbocycles. The molecule has 0 radical (unpaired) electrons. The minimum Gasteiger partial charge on any atom is -0.398 e. The molecule has 2 aromatic rings. The van der Waals surface area contributed by atoms with Crippen molar-refractivity contribution in [1.29, 1.82) is 0 Å². The summed E-state index contributed by atoms with van der Waals surface area (Å²) in [6.45, 7) is 17.0. The van der Waals surface area contributed by atoms with E-state index in [1.165, 1.54) is 22.3 Å². The van der Waals surface area contributed by atoms with Gasteiger partial charge >= 0.3 is 0 Å². The van der Waals surface area contributed by atoms with Gasteiger partial charge in [0, 0.05) is 5.69 Å². The summed E-state index contributed by atoms with van der Waals surface area (Å²) < 4.78 is 0. The van der Waals surface area contributed by atoms with Crippen LogP contribution in [-0.4, -0.2) is 0 Å². The van der Waals surface area contributed by atoms with Gasteiger partial charge in [0.2, 0.25) is 0 Å². The largest absolute Gasteiger partial charge is 0.398 e. The molecule has 2 aromatic carbocycles. The van der Waals surface area contributed by atoms with Crippen molar-refractivity contribution >= 4 is 5.69 Å². The molecule has 0 bridgehead atoms. The van der Waals surface area contributed by atoms with Crippen LogP contribution in [0.3, 0.4) is 0 Å². The lowest BCUT2D eigenvalue weighted by molar-refractivity contribution is 0.534. The molecule has 1 atom stereocenters. The number of hydrogen-bond acceptors (Lipinski definition) is 1. The molecule has 23 heavy (non-hydrogen) atoms. The second-order valence-electron chi connectivity index (χ2n) is 6.27. The van der Waals surface area contributed by atoms with Crippen LogP contribution in [0.25, 0.3) is 0 Å². The van der Waals surface area contributed by atoms with E-state index in [4.69, 9.17) is 5.73 Å². The standard InChI is InChI=1S/C12H19N.C8H10.C2H6/c1-8(2)10(4)12-9(3)6-5-7-11(12)13;1-7-4-3-5-8(2)6-7;1-2/h5-8,10H,13H2,1-4H3;3-6H,1-2H3;1-2H3. The van der Waals surface area contributed by atoms with E-state index in [0.29, 0.717) is 11.8 Å². The molecule has 0 saturated heterocycles. The molecule has 1 unspecified atom stereocenters. The van der Waals surface area contributed by atoms with E-state index in [9.17, 15) is 0 Å². The van der Waals surface area contributed by atoms with Crippen molar-refractivity contribution in [2.24, 2.45) is 5.92 Å². The first-order valence-corrected chi connectivity index (χ1v) is 8.71. The van der Waals surface area contributed by atoms with Crippen molar-refractivity contribution in [2.45, 2.75) is 61.3 Å². The normalized spacial score (nSPS) is 11.0. The molecule has 0 amide bonds. The monoisotopic (exact) mass is 313 g/mol. The van der Waals surface area contributed by atoms with E-state index < -0.39 is 0 Å². The average Bonchev–Trinajstić information content (AvgIpc) is 2.49. The van der Waals surface area contributed by atoms with Crippen molar-refractivity contribution < 1.29 is 0 Å². The second-order valence-corrected chi connectivity index (χ2v) is 6.27. The van der Waals surface area contributed by atoms with Crippen LogP contribution in [0.4, 0.5) is 5.69 Å². The van der Waals surface area contributed by atoms with Gasteiger partial charge in [-0.15, -0.1) is 0 Å². The second kappa shape index (κ2) is 10.9. The van der Waals surface area contributed by atoms with E-state index in [1.807, 2.05) is 26.0 Å². The molecule has 2 rings (SSSR count). The van der Waals surface area contributed by atoms with E-state index in [1.54, 1.807) is 0 Å². The highest BCUT2D eigenvalue weighted by atomic mass is 14.6. The maximum absolute atomic E-state index is 5.96. The van der Waals surface area contributed by atoms with Crippen LogP contribution in [0.15, 0.2) is 42.5 Å². The molecule has 128 valence electrons. The number of anilines is 1. The van der Waals surface area contributed by atoms with Gasteiger partial charge in [0.1, 0.15) is 0 Å². The Balaban J connectivity index is 0.000000414. The number of nitrogen functional groups attached to an aromatic ring is 1. The van der Waals surface area contributed by atoms with E-state index in [0.717, 1.165) is 5.69 Å². The summed E-state index contributed by atoms with van der Waals surface area (Å²) in [7, 11) is 0. The summed E-state index contributed by atoms with van der Waals surface area (Å²) in [6, 6.07) is 14.6. The lowest BCUT2D eigenvalue weighted by Gasteiger charge is -2.20. The zero-order valence-corrected chi connectivity index (χ0v) is 16.3. The Hall–Kier alpha value is -1.76. The number of rotatable bonds is 2. The average molecular weight is 314 g/mol. The fourth-order valence-electron chi connectivity index (χ4n) is 2.47. The third-order valence-corrected chi connectivity index (χ3v) is 3.99. The van der Waals surface area contributed by atoms with Crippen molar-refractivity contribution in [3.05, 3.63) is 64.7 Å². The van der Waals surface area contributed by atoms with Gasteiger partial charge in [-0.3, -0.25) is 0 Å². The minimum atomic E-state index is 0.543. The fourth-order valence-corrected chi connectivity index (χ4v) is 2.47. The number of hydrogen-bond donors (Lipinski definition) is 1. The predicted molar refractivity (Wildman–Crippen MR) is 106 cm³/mol. The van der Waals surface area contributed by atoms with Gasteiger partial charge in [0.05, 0.1) is 0 Å². The van der Waals surface area contributed by atoms with Gasteiger partial charge in [0.15, 0.2) is 0 Å². The molecule has 0 fully saturated rings. The molecule has 0 aliphatic heterocycles. The Morgan fingerprint density at radius 1 is 0.783 bits per heavy atom. The SMILES string of the molecule is CC.Cc1cccc(C)c1.Cc1cccc(N)c1C(C)C(C)C. The Labute approximate surface area is 143 Å². The Kier molecular flexibility index (Phi) is 10.0. The molecular weight excluding hydrogens is 278 g/mol. The third-order valence-electron chi connectivity index (χ3n) is 3.99. The van der Waals surface area contributed by atoms with Crippen molar-refractivity contribution in [3.63, 3.8) is 0 Å². The highest BCUT2D eigenvalue weighted by Crippen LogP contribution is 2.30. The van der Waals surface area contributed by atoms with Gasteiger partial charge in [-0.1, -0.05) is 82.1 Å². The smallest absolute Gasteiger partial charge is 0.0352 e. The topological polar surface area (TPSA) is 26.0 Å². The zero-order chi connectivity index (χ0) is 18.0. The van der Waals surface area contributed by atoms with Crippen LogP contribution in [-0.2, 0) is 0 Å². The molecule has 2 N–H and O–H groups in total. The van der Waals surface area contributed by atoms with E-state index >= 15 is 0 Å². The molecule has 0 aromatic heterocycles. The summed E-state index contributed by atoms with van der Waals surface area (Å²) in [5, 5.41) is 0. The van der Waals surface area contributed by atoms with E-state index in [2.05, 4.69) is 71.9 Å². The van der Waals surface area contributed by atoms with Gasteiger partial charge in [-0.05, 0) is 49.8 Å². The summed E-state index contributed by atoms with van der Waals surface area (Å²) in [6.07, 6.45) is 0. The Morgan fingerprint density at radius 2 is 1.26 bits per heavy atom. The highest BCUT2D eigenvalue weighted by Gasteiger charge is 2.14. The Bertz CT molecular complexity index is 532. The maximum atomic E-state index is 5.96. The van der Waals surface area contributed by atoms with Crippen LogP contribution >= 0.6 is 0 Å². The quantitative estimate of drug-likeness (QED) is 0.616. The van der Waals surface area contributed by atoms with Crippen LogP contribution < -0.4 is 5.73 Å². The van der Waals surface area contributed by atoms with Gasteiger partial charge in [-0.25, -0.2) is 0 Å². The molecular formula is C22H35N. The van der Waals surface area contributed by atoms with Gasteiger partial charge in [0.25, 0.3) is 0 Å². The summed E-state index contributed by atoms with van der Waals surface area (Å²) in [5.74, 6) is 1.18. The lowest BCUT2D eigenvalue weighted by Crippen LogP contribution is -2.07. The maximum Gasteiger partial charge on any atom is 0.0352 e. The molecule has 0 spiro atoms. The number of nitrogens with two attached hydrogens (primary N) is 1. The van der Waals surface area contributed by atoms with Crippen molar-refractivity contribution in [2.75, 3.05) is 5.73 Å². The molecule has 0 saturated carbocycles. The Morgan fingerprint density at radius 3 is 1.61 bits per heavy atom. The predicted octanol–water partition coefficient (Wildman–Crippen LogP) is 6.67. The summed E-state index contributed by atoms with van der Waals surface area (Å²) in [4.78, 5) is 0. The minimum absolute atomic E-state index is 0.543. The first-order chi connectivity index (χ1) is 10.8. The third kappa shape index (κ3) is 7.36. The lowest BCUT2D eigenvalue weighted by atomic mass is 9.86. The van der Waals surface area contributed by atoms with Crippen LogP contribution in [0.1, 0.15) is 62.8 Å². The first-order valence-electron chi connectivity index (χ1n) is 8.71. The van der Waals surface area contributed by atoms with Crippen molar-refractivity contribution in [1.82, 2.24) is 0 Å². The summed E-state index contributed by atoms with van der Waals surface area (Å²) >= 11 is 0. The highest BCUT2D eigenvalue weighted by molar-refractivity contribution is 5.52. The zero-order valence-electron chi connectivity index (χ0n) is 16.3. The molecule has 0 aliphatic rings. The summed E-state index contributed by atoms with van der Waals surface area (Å²) in [5.41, 5.74) is 12.2. The number of benzene rings is 2. The van der Waals surface area contributed by atoms with Crippen LogP contribution in [0, 0.1) is 26.7 Å². The van der Waals surface area contributed by atoms with Crippen LogP contribution in [0.5, 0.6) is 0 Å². The van der Waals surface area contributed by atoms with Gasteiger partial charge < -0.3 is 5.73 Å². The first kappa shape index (κ1) is 21.2.